The third-order valence-electron chi connectivity index (χ3n) is 3.20. The van der Waals surface area contributed by atoms with Crippen LogP contribution < -0.4 is 5.32 Å². The minimum absolute atomic E-state index is 0.0486. The van der Waals surface area contributed by atoms with Crippen LogP contribution in [0.2, 0.25) is 0 Å². The zero-order valence-electron chi connectivity index (χ0n) is 11.0. The predicted molar refractivity (Wildman–Crippen MR) is 73.0 cm³/mol. The summed E-state index contributed by atoms with van der Waals surface area (Å²) in [5.74, 6) is -0.581. The molecule has 2 atom stereocenters. The number of carboxylic acid groups (broad SMARTS) is 1. The van der Waals surface area contributed by atoms with E-state index in [-0.39, 0.29) is 23.5 Å². The summed E-state index contributed by atoms with van der Waals surface area (Å²) in [6.07, 6.45) is 3.59. The SMILES string of the molecule is CC1CCCCN1C(=O)CSCC(NC=O)C(=O)O. The molecule has 0 aromatic carbocycles. The summed E-state index contributed by atoms with van der Waals surface area (Å²) in [6.45, 7) is 2.82. The van der Waals surface area contributed by atoms with Gasteiger partial charge >= 0.3 is 5.97 Å². The van der Waals surface area contributed by atoms with Gasteiger partial charge in [0.2, 0.25) is 12.3 Å². The molecular weight excluding hydrogens is 268 g/mol. The molecule has 108 valence electrons. The molecule has 2 unspecified atom stereocenters. The van der Waals surface area contributed by atoms with Crippen LogP contribution in [0, 0.1) is 0 Å². The maximum atomic E-state index is 12.0. The number of likely N-dealkylation sites (tertiary alicyclic amines) is 1. The van der Waals surface area contributed by atoms with Gasteiger partial charge in [0.05, 0.1) is 5.75 Å². The van der Waals surface area contributed by atoms with Crippen LogP contribution in [-0.2, 0) is 14.4 Å². The number of hydrogen-bond donors (Lipinski definition) is 2. The summed E-state index contributed by atoms with van der Waals surface area (Å²) in [6, 6.07) is -0.667. The first-order valence-corrected chi connectivity index (χ1v) is 7.51. The van der Waals surface area contributed by atoms with E-state index in [0.717, 1.165) is 25.8 Å². The van der Waals surface area contributed by atoms with Gasteiger partial charge in [-0.15, -0.1) is 11.8 Å². The van der Waals surface area contributed by atoms with E-state index >= 15 is 0 Å². The standard InChI is InChI=1S/C12H20N2O4S/c1-9-4-2-3-5-14(9)11(16)7-19-6-10(12(17)18)13-8-15/h8-10H,2-7H2,1H3,(H,13,15)(H,17,18). The smallest absolute Gasteiger partial charge is 0.327 e. The van der Waals surface area contributed by atoms with Crippen molar-refractivity contribution >= 4 is 30.0 Å². The van der Waals surface area contributed by atoms with Gasteiger partial charge in [0.25, 0.3) is 0 Å². The molecule has 0 bridgehead atoms. The molecule has 2 N–H and O–H groups in total. The molecule has 1 rings (SSSR count). The van der Waals surface area contributed by atoms with Crippen molar-refractivity contribution in [2.75, 3.05) is 18.1 Å². The second-order valence-electron chi connectivity index (χ2n) is 4.62. The van der Waals surface area contributed by atoms with Crippen molar-refractivity contribution in [2.45, 2.75) is 38.3 Å². The molecule has 0 aromatic heterocycles. The minimum Gasteiger partial charge on any atom is -0.480 e. The average Bonchev–Trinajstić information content (AvgIpc) is 2.37. The lowest BCUT2D eigenvalue weighted by Crippen LogP contribution is -2.43. The molecule has 6 nitrogen and oxygen atoms in total. The number of thioether (sulfide) groups is 1. The zero-order chi connectivity index (χ0) is 14.3. The van der Waals surface area contributed by atoms with E-state index in [1.807, 2.05) is 11.8 Å². The fraction of sp³-hybridized carbons (Fsp3) is 0.750. The molecule has 0 saturated carbocycles. The summed E-state index contributed by atoms with van der Waals surface area (Å²) in [5.41, 5.74) is 0. The first kappa shape index (κ1) is 15.8. The van der Waals surface area contributed by atoms with E-state index in [0.29, 0.717) is 6.41 Å². The Morgan fingerprint density at radius 2 is 2.26 bits per heavy atom. The molecular formula is C12H20N2O4S. The van der Waals surface area contributed by atoms with Gasteiger partial charge in [-0.2, -0.15) is 0 Å². The molecule has 2 amide bonds. The van der Waals surface area contributed by atoms with Crippen molar-refractivity contribution in [2.24, 2.45) is 0 Å². The van der Waals surface area contributed by atoms with Crippen molar-refractivity contribution in [1.82, 2.24) is 10.2 Å². The van der Waals surface area contributed by atoms with Gasteiger partial charge in [-0.25, -0.2) is 4.79 Å². The Labute approximate surface area is 116 Å². The minimum atomic E-state index is -1.08. The Hall–Kier alpha value is -1.24. The highest BCUT2D eigenvalue weighted by molar-refractivity contribution is 8.00. The molecule has 0 aromatic rings. The van der Waals surface area contributed by atoms with Crippen molar-refractivity contribution < 1.29 is 19.5 Å². The number of carbonyl (C=O) groups is 3. The largest absolute Gasteiger partial charge is 0.480 e. The second kappa shape index (κ2) is 8.04. The summed E-state index contributed by atoms with van der Waals surface area (Å²) < 4.78 is 0. The lowest BCUT2D eigenvalue weighted by molar-refractivity contribution is -0.139. The highest BCUT2D eigenvalue weighted by atomic mass is 32.2. The average molecular weight is 288 g/mol. The van der Waals surface area contributed by atoms with Crippen LogP contribution in [0.1, 0.15) is 26.2 Å². The first-order chi connectivity index (χ1) is 9.06. The topological polar surface area (TPSA) is 86.7 Å². The molecule has 1 heterocycles. The molecule has 7 heteroatoms. The van der Waals surface area contributed by atoms with Gasteiger partial charge < -0.3 is 15.3 Å². The number of amides is 2. The lowest BCUT2D eigenvalue weighted by Gasteiger charge is -2.33. The highest BCUT2D eigenvalue weighted by Gasteiger charge is 2.23. The van der Waals surface area contributed by atoms with E-state index in [9.17, 15) is 14.4 Å². The van der Waals surface area contributed by atoms with Crippen molar-refractivity contribution in [3.63, 3.8) is 0 Å². The fourth-order valence-corrected chi connectivity index (χ4v) is 3.02. The number of nitrogens with zero attached hydrogens (tertiary/aromatic N) is 1. The number of hydrogen-bond acceptors (Lipinski definition) is 4. The van der Waals surface area contributed by atoms with Gasteiger partial charge in [-0.05, 0) is 26.2 Å². The van der Waals surface area contributed by atoms with Gasteiger partial charge in [-0.3, -0.25) is 9.59 Å². The van der Waals surface area contributed by atoms with Crippen molar-refractivity contribution in [1.29, 1.82) is 0 Å². The third-order valence-corrected chi connectivity index (χ3v) is 4.22. The quantitative estimate of drug-likeness (QED) is 0.659. The molecule has 0 spiro atoms. The van der Waals surface area contributed by atoms with Crippen LogP contribution in [0.4, 0.5) is 0 Å². The van der Waals surface area contributed by atoms with Gasteiger partial charge in [0, 0.05) is 18.3 Å². The Bertz CT molecular complexity index is 338. The van der Waals surface area contributed by atoms with Crippen LogP contribution >= 0.6 is 11.8 Å². The lowest BCUT2D eigenvalue weighted by atomic mass is 10.0. The Morgan fingerprint density at radius 3 is 2.84 bits per heavy atom. The number of carboxylic acids is 1. The van der Waals surface area contributed by atoms with E-state index < -0.39 is 12.0 Å². The predicted octanol–water partition coefficient (Wildman–Crippen LogP) is 0.320. The van der Waals surface area contributed by atoms with Crippen molar-refractivity contribution in [3.8, 4) is 0 Å². The van der Waals surface area contributed by atoms with Crippen LogP contribution in [-0.4, -0.2) is 58.4 Å². The normalized spacial score (nSPS) is 20.7. The number of nitrogens with one attached hydrogen (secondary N) is 1. The Kier molecular flexibility index (Phi) is 6.69. The summed E-state index contributed by atoms with van der Waals surface area (Å²) in [4.78, 5) is 34.9. The number of aliphatic carboxylic acids is 1. The Balaban J connectivity index is 2.32. The maximum absolute atomic E-state index is 12.0. The van der Waals surface area contributed by atoms with Crippen molar-refractivity contribution in [3.05, 3.63) is 0 Å². The molecule has 1 aliphatic rings. The monoisotopic (exact) mass is 288 g/mol. The highest BCUT2D eigenvalue weighted by Crippen LogP contribution is 2.17. The van der Waals surface area contributed by atoms with E-state index in [1.165, 1.54) is 11.8 Å². The first-order valence-electron chi connectivity index (χ1n) is 6.36. The molecule has 19 heavy (non-hydrogen) atoms. The van der Waals surface area contributed by atoms with E-state index in [2.05, 4.69) is 5.32 Å². The number of piperidine rings is 1. The Morgan fingerprint density at radius 1 is 1.53 bits per heavy atom. The maximum Gasteiger partial charge on any atom is 0.327 e. The summed E-state index contributed by atoms with van der Waals surface area (Å²) in [7, 11) is 0. The summed E-state index contributed by atoms with van der Waals surface area (Å²) in [5, 5.41) is 11.0. The second-order valence-corrected chi connectivity index (χ2v) is 5.65. The third kappa shape index (κ3) is 5.10. The van der Waals surface area contributed by atoms with Gasteiger partial charge in [0.15, 0.2) is 0 Å². The van der Waals surface area contributed by atoms with Crippen LogP contribution in [0.3, 0.4) is 0 Å². The number of carbonyl (C=O) groups excluding carboxylic acids is 2. The van der Waals surface area contributed by atoms with E-state index in [4.69, 9.17) is 5.11 Å². The van der Waals surface area contributed by atoms with E-state index in [1.54, 1.807) is 0 Å². The summed E-state index contributed by atoms with van der Waals surface area (Å²) >= 11 is 1.24. The molecule has 0 aliphatic carbocycles. The van der Waals surface area contributed by atoms with Crippen LogP contribution in [0.15, 0.2) is 0 Å². The zero-order valence-corrected chi connectivity index (χ0v) is 11.8. The molecule has 0 radical (unpaired) electrons. The fourth-order valence-electron chi connectivity index (χ4n) is 2.09. The molecule has 1 saturated heterocycles. The molecule has 1 aliphatic heterocycles. The number of rotatable bonds is 7. The van der Waals surface area contributed by atoms with Gasteiger partial charge in [0.1, 0.15) is 6.04 Å². The van der Waals surface area contributed by atoms with Crippen LogP contribution in [0.25, 0.3) is 0 Å². The van der Waals surface area contributed by atoms with Crippen LogP contribution in [0.5, 0.6) is 0 Å². The van der Waals surface area contributed by atoms with Gasteiger partial charge in [-0.1, -0.05) is 0 Å². The molecule has 1 fully saturated rings.